The molecule has 11 aromatic carbocycles. The van der Waals surface area contributed by atoms with Crippen LogP contribution in [0.2, 0.25) is 0 Å². The van der Waals surface area contributed by atoms with Crippen molar-refractivity contribution >= 4 is 87.5 Å². The van der Waals surface area contributed by atoms with E-state index in [4.69, 9.17) is 23.8 Å². The van der Waals surface area contributed by atoms with Gasteiger partial charge < -0.3 is 18.0 Å². The fraction of sp³-hybridized carbons (Fsp3) is 0. The Morgan fingerprint density at radius 2 is 0.776 bits per heavy atom. The molecule has 0 N–H and O–H groups in total. The van der Waals surface area contributed by atoms with Gasteiger partial charge in [0.1, 0.15) is 22.3 Å². The van der Waals surface area contributed by atoms with Crippen molar-refractivity contribution in [2.45, 2.75) is 0 Å². The zero-order valence-corrected chi connectivity index (χ0v) is 40.7. The second-order valence-electron chi connectivity index (χ2n) is 19.5. The van der Waals surface area contributed by atoms with Gasteiger partial charge in [0.25, 0.3) is 0 Å². The number of rotatable bonds is 7. The molecule has 7 heteroatoms. The first-order chi connectivity index (χ1) is 37.7. The minimum Gasteiger partial charge on any atom is -0.456 e. The van der Waals surface area contributed by atoms with E-state index in [1.165, 1.54) is 21.8 Å². The van der Waals surface area contributed by atoms with Gasteiger partial charge in [-0.3, -0.25) is 0 Å². The standard InChI is InChI=1S/C69H41N5O2/c1-2-16-42(17-3-1)67-70-68(72-69(71-67)46-34-36-54-53-24-6-10-31-61(53)76-64(54)40-46)45-20-13-21-47(39-45)74-60-37-35-48(73-58-29-8-4-22-51(58)52-23-5-9-30-59(52)73)41-57(60)55-28-14-27-50(66(55)74)44-19-12-18-43(38-44)49-26-15-33-63-65(49)56-25-7-11-32-62(56)75-63/h1-41H. The first-order valence-corrected chi connectivity index (χ1v) is 25.6. The molecular weight excluding hydrogens is 931 g/mol. The normalized spacial score (nSPS) is 11.9. The van der Waals surface area contributed by atoms with Gasteiger partial charge in [-0.25, -0.2) is 15.0 Å². The highest BCUT2D eigenvalue weighted by molar-refractivity contribution is 6.16. The van der Waals surface area contributed by atoms with Crippen molar-refractivity contribution in [3.05, 3.63) is 249 Å². The highest BCUT2D eigenvalue weighted by Gasteiger charge is 2.22. The summed E-state index contributed by atoms with van der Waals surface area (Å²) in [7, 11) is 0. The summed E-state index contributed by atoms with van der Waals surface area (Å²) < 4.78 is 17.6. The molecule has 0 spiro atoms. The molecule has 0 saturated carbocycles. The molecule has 0 aliphatic rings. The third kappa shape index (κ3) is 6.52. The lowest BCUT2D eigenvalue weighted by Crippen LogP contribution is -2.01. The van der Waals surface area contributed by atoms with Gasteiger partial charge >= 0.3 is 0 Å². The van der Waals surface area contributed by atoms with Gasteiger partial charge in [-0.1, -0.05) is 170 Å². The second-order valence-corrected chi connectivity index (χ2v) is 19.5. The molecule has 0 fully saturated rings. The van der Waals surface area contributed by atoms with Crippen molar-refractivity contribution < 1.29 is 8.83 Å². The summed E-state index contributed by atoms with van der Waals surface area (Å²) >= 11 is 0. The van der Waals surface area contributed by atoms with Crippen LogP contribution in [0.4, 0.5) is 0 Å². The van der Waals surface area contributed by atoms with Crippen LogP contribution >= 0.6 is 0 Å². The SMILES string of the molecule is c1ccc(-c2nc(-c3cccc(-n4c5ccc(-n6c7ccccc7c7ccccc76)cc5c5cccc(-c6cccc(-c7cccc8oc9ccccc9c78)c6)c54)c3)nc(-c3ccc4c(c3)oc3ccccc34)n2)cc1. The van der Waals surface area contributed by atoms with Gasteiger partial charge in [-0.15, -0.1) is 0 Å². The second kappa shape index (κ2) is 16.6. The lowest BCUT2D eigenvalue weighted by Gasteiger charge is -2.14. The molecule has 354 valence electrons. The van der Waals surface area contributed by atoms with Gasteiger partial charge in [0.15, 0.2) is 17.5 Å². The minimum atomic E-state index is 0.562. The molecule has 5 aromatic heterocycles. The van der Waals surface area contributed by atoms with Crippen molar-refractivity contribution in [3.8, 4) is 67.8 Å². The van der Waals surface area contributed by atoms with E-state index in [9.17, 15) is 0 Å². The predicted molar refractivity (Wildman–Crippen MR) is 310 cm³/mol. The number of fused-ring (bicyclic) bond motifs is 12. The smallest absolute Gasteiger partial charge is 0.164 e. The molecule has 0 saturated heterocycles. The average molecular weight is 972 g/mol. The summed E-state index contributed by atoms with van der Waals surface area (Å²) in [6.07, 6.45) is 0. The fourth-order valence-electron chi connectivity index (χ4n) is 11.8. The summed E-state index contributed by atoms with van der Waals surface area (Å²) in [6.45, 7) is 0. The van der Waals surface area contributed by atoms with Gasteiger partial charge in [0, 0.05) is 76.7 Å². The predicted octanol–water partition coefficient (Wildman–Crippen LogP) is 18.2. The Balaban J connectivity index is 0.915. The highest BCUT2D eigenvalue weighted by Crippen LogP contribution is 2.43. The maximum atomic E-state index is 6.37. The summed E-state index contributed by atoms with van der Waals surface area (Å²) in [4.78, 5) is 15.6. The minimum absolute atomic E-state index is 0.562. The molecule has 0 atom stereocenters. The Morgan fingerprint density at radius 3 is 1.57 bits per heavy atom. The van der Waals surface area contributed by atoms with Crippen LogP contribution in [0.25, 0.3) is 155 Å². The Labute approximate surface area is 434 Å². The third-order valence-electron chi connectivity index (χ3n) is 15.2. The Morgan fingerprint density at radius 1 is 0.263 bits per heavy atom. The molecule has 0 aliphatic heterocycles. The topological polar surface area (TPSA) is 74.8 Å². The summed E-state index contributed by atoms with van der Waals surface area (Å²) in [5, 5.41) is 9.08. The van der Waals surface area contributed by atoms with Crippen LogP contribution in [0, 0.1) is 0 Å². The van der Waals surface area contributed by atoms with E-state index in [0.29, 0.717) is 17.5 Å². The van der Waals surface area contributed by atoms with E-state index >= 15 is 0 Å². The van der Waals surface area contributed by atoms with Crippen LogP contribution in [0.1, 0.15) is 0 Å². The molecule has 5 heterocycles. The van der Waals surface area contributed by atoms with E-state index in [1.807, 2.05) is 66.7 Å². The van der Waals surface area contributed by atoms with Crippen LogP contribution in [0.5, 0.6) is 0 Å². The number of hydrogen-bond acceptors (Lipinski definition) is 5. The number of furan rings is 2. The number of para-hydroxylation sites is 5. The lowest BCUT2D eigenvalue weighted by molar-refractivity contribution is 0.668. The fourth-order valence-corrected chi connectivity index (χ4v) is 11.8. The van der Waals surface area contributed by atoms with Crippen LogP contribution in [0.3, 0.4) is 0 Å². The van der Waals surface area contributed by atoms with Gasteiger partial charge in [-0.05, 0) is 95.6 Å². The van der Waals surface area contributed by atoms with Gasteiger partial charge in [-0.2, -0.15) is 0 Å². The number of aromatic nitrogens is 5. The van der Waals surface area contributed by atoms with Crippen LogP contribution < -0.4 is 0 Å². The van der Waals surface area contributed by atoms with Crippen LogP contribution in [-0.2, 0) is 0 Å². The molecule has 0 unspecified atom stereocenters. The number of nitrogens with zero attached hydrogens (tertiary/aromatic N) is 5. The van der Waals surface area contributed by atoms with Crippen molar-refractivity contribution in [1.82, 2.24) is 24.1 Å². The molecule has 0 bridgehead atoms. The van der Waals surface area contributed by atoms with Gasteiger partial charge in [0.05, 0.1) is 22.1 Å². The van der Waals surface area contributed by atoms with Crippen molar-refractivity contribution in [3.63, 3.8) is 0 Å². The van der Waals surface area contributed by atoms with Crippen LogP contribution in [0.15, 0.2) is 258 Å². The van der Waals surface area contributed by atoms with E-state index in [1.54, 1.807) is 0 Å². The van der Waals surface area contributed by atoms with E-state index in [2.05, 4.69) is 191 Å². The molecule has 7 nitrogen and oxygen atoms in total. The average Bonchev–Trinajstić information content (AvgIpc) is 4.26. The summed E-state index contributed by atoms with van der Waals surface area (Å²) in [5.74, 6) is 1.72. The van der Waals surface area contributed by atoms with E-state index in [-0.39, 0.29) is 0 Å². The molecule has 0 radical (unpaired) electrons. The lowest BCUT2D eigenvalue weighted by atomic mass is 9.95. The third-order valence-corrected chi connectivity index (χ3v) is 15.2. The van der Waals surface area contributed by atoms with Gasteiger partial charge in [0.2, 0.25) is 0 Å². The quantitative estimate of drug-likeness (QED) is 0.159. The first-order valence-electron chi connectivity index (χ1n) is 25.6. The molecular formula is C69H41N5O2. The zero-order chi connectivity index (χ0) is 49.8. The molecule has 0 aliphatic carbocycles. The number of benzene rings is 11. The monoisotopic (exact) mass is 971 g/mol. The summed E-state index contributed by atoms with van der Waals surface area (Å²) in [5.41, 5.74) is 17.0. The van der Waals surface area contributed by atoms with Crippen molar-refractivity contribution in [1.29, 1.82) is 0 Å². The van der Waals surface area contributed by atoms with Crippen molar-refractivity contribution in [2.75, 3.05) is 0 Å². The highest BCUT2D eigenvalue weighted by atomic mass is 16.3. The van der Waals surface area contributed by atoms with Crippen LogP contribution in [-0.4, -0.2) is 24.1 Å². The zero-order valence-electron chi connectivity index (χ0n) is 40.7. The van der Waals surface area contributed by atoms with E-state index in [0.717, 1.165) is 116 Å². The number of hydrogen-bond donors (Lipinski definition) is 0. The van der Waals surface area contributed by atoms with Crippen molar-refractivity contribution in [2.24, 2.45) is 0 Å². The Hall–Kier alpha value is -10.4. The molecule has 0 amide bonds. The first kappa shape index (κ1) is 42.2. The van der Waals surface area contributed by atoms with E-state index < -0.39 is 0 Å². The molecule has 16 aromatic rings. The molecule has 76 heavy (non-hydrogen) atoms. The summed E-state index contributed by atoms with van der Waals surface area (Å²) in [6, 6.07) is 87.7. The largest absolute Gasteiger partial charge is 0.456 e. The maximum Gasteiger partial charge on any atom is 0.164 e. The maximum absolute atomic E-state index is 6.37. The molecule has 16 rings (SSSR count). The Kier molecular flexibility index (Phi) is 9.20. The Bertz CT molecular complexity index is 4970.